The lowest BCUT2D eigenvalue weighted by atomic mass is 10.6. The predicted molar refractivity (Wildman–Crippen MR) is 61.8 cm³/mol. The number of hydrogen-bond acceptors (Lipinski definition) is 6. The molecule has 0 aliphatic rings. The number of nitrogens with zero attached hydrogens (tertiary/aromatic N) is 3. The summed E-state index contributed by atoms with van der Waals surface area (Å²) in [5.74, 6) is 0. The molecule has 74 valence electrons. The third kappa shape index (κ3) is 2.49. The standard InChI is InChI=1S/C7H7BrN4S2/c1-4-2-9-5(13-4)3-10-7-12-11-6(8)14-7/h2H,3H2,1H3,(H,10,12). The Labute approximate surface area is 97.5 Å². The molecule has 0 unspecified atom stereocenters. The van der Waals surface area contributed by atoms with Gasteiger partial charge < -0.3 is 5.32 Å². The second kappa shape index (κ2) is 4.33. The molecule has 0 spiro atoms. The van der Waals surface area contributed by atoms with Gasteiger partial charge in [0.05, 0.1) is 6.54 Å². The van der Waals surface area contributed by atoms with E-state index in [0.29, 0.717) is 6.54 Å². The predicted octanol–water partition coefficient (Wildman–Crippen LogP) is 2.68. The highest BCUT2D eigenvalue weighted by atomic mass is 79.9. The molecule has 0 fully saturated rings. The van der Waals surface area contributed by atoms with Crippen molar-refractivity contribution in [2.75, 3.05) is 5.32 Å². The first kappa shape index (κ1) is 10.0. The largest absolute Gasteiger partial charge is 0.354 e. The van der Waals surface area contributed by atoms with Crippen LogP contribution < -0.4 is 5.32 Å². The van der Waals surface area contributed by atoms with Crippen LogP contribution in [0.2, 0.25) is 0 Å². The molecule has 0 saturated heterocycles. The summed E-state index contributed by atoms with van der Waals surface area (Å²) >= 11 is 6.41. The second-order valence-electron chi connectivity index (χ2n) is 2.58. The second-order valence-corrected chi connectivity index (χ2v) is 6.15. The van der Waals surface area contributed by atoms with Crippen LogP contribution in [-0.2, 0) is 6.54 Å². The van der Waals surface area contributed by atoms with E-state index in [0.717, 1.165) is 14.1 Å². The van der Waals surface area contributed by atoms with Gasteiger partial charge in [-0.15, -0.1) is 21.5 Å². The molecular weight excluding hydrogens is 284 g/mol. The van der Waals surface area contributed by atoms with Crippen LogP contribution in [0, 0.1) is 6.92 Å². The van der Waals surface area contributed by atoms with Gasteiger partial charge in [-0.25, -0.2) is 4.98 Å². The minimum Gasteiger partial charge on any atom is -0.354 e. The molecule has 2 rings (SSSR count). The fourth-order valence-corrected chi connectivity index (χ4v) is 2.64. The van der Waals surface area contributed by atoms with Gasteiger partial charge in [0, 0.05) is 11.1 Å². The van der Waals surface area contributed by atoms with Gasteiger partial charge in [0.15, 0.2) is 3.92 Å². The first-order valence-electron chi connectivity index (χ1n) is 3.88. The van der Waals surface area contributed by atoms with Crippen LogP contribution in [0.4, 0.5) is 5.13 Å². The zero-order valence-electron chi connectivity index (χ0n) is 7.32. The van der Waals surface area contributed by atoms with Crippen LogP contribution in [0.15, 0.2) is 10.1 Å². The normalized spacial score (nSPS) is 10.4. The zero-order chi connectivity index (χ0) is 9.97. The molecule has 0 amide bonds. The van der Waals surface area contributed by atoms with E-state index in [9.17, 15) is 0 Å². The van der Waals surface area contributed by atoms with Gasteiger partial charge in [-0.05, 0) is 22.9 Å². The van der Waals surface area contributed by atoms with Crippen molar-refractivity contribution in [1.82, 2.24) is 15.2 Å². The number of rotatable bonds is 3. The first-order chi connectivity index (χ1) is 6.74. The molecule has 2 aromatic rings. The minimum atomic E-state index is 0.708. The topological polar surface area (TPSA) is 50.7 Å². The Morgan fingerprint density at radius 1 is 1.43 bits per heavy atom. The third-order valence-corrected chi connectivity index (χ3v) is 3.69. The van der Waals surface area contributed by atoms with E-state index in [1.165, 1.54) is 16.2 Å². The fourth-order valence-electron chi connectivity index (χ4n) is 0.911. The zero-order valence-corrected chi connectivity index (χ0v) is 10.5. The van der Waals surface area contributed by atoms with Crippen LogP contribution in [-0.4, -0.2) is 15.2 Å². The van der Waals surface area contributed by atoms with Gasteiger partial charge in [0.25, 0.3) is 0 Å². The monoisotopic (exact) mass is 290 g/mol. The van der Waals surface area contributed by atoms with Crippen molar-refractivity contribution in [2.24, 2.45) is 0 Å². The molecule has 0 radical (unpaired) electrons. The van der Waals surface area contributed by atoms with Crippen LogP contribution in [0.3, 0.4) is 0 Å². The van der Waals surface area contributed by atoms with E-state index in [1.54, 1.807) is 11.3 Å². The molecule has 0 bridgehead atoms. The van der Waals surface area contributed by atoms with Crippen LogP contribution in [0.5, 0.6) is 0 Å². The van der Waals surface area contributed by atoms with Gasteiger partial charge in [0.2, 0.25) is 5.13 Å². The van der Waals surface area contributed by atoms with E-state index in [-0.39, 0.29) is 0 Å². The first-order valence-corrected chi connectivity index (χ1v) is 6.31. The molecule has 0 aliphatic carbocycles. The SMILES string of the molecule is Cc1cnc(CNc2nnc(Br)s2)s1. The molecule has 0 aliphatic heterocycles. The van der Waals surface area contributed by atoms with Crippen molar-refractivity contribution in [2.45, 2.75) is 13.5 Å². The molecule has 0 saturated carbocycles. The van der Waals surface area contributed by atoms with E-state index < -0.39 is 0 Å². The average Bonchev–Trinajstić information content (AvgIpc) is 2.72. The fraction of sp³-hybridized carbons (Fsp3) is 0.286. The van der Waals surface area contributed by atoms with Gasteiger partial charge in [0.1, 0.15) is 5.01 Å². The Balaban J connectivity index is 1.94. The van der Waals surface area contributed by atoms with Crippen molar-refractivity contribution in [3.05, 3.63) is 20.0 Å². The molecule has 4 nitrogen and oxygen atoms in total. The van der Waals surface area contributed by atoms with Crippen molar-refractivity contribution < 1.29 is 0 Å². The van der Waals surface area contributed by atoms with Crippen LogP contribution in [0.1, 0.15) is 9.88 Å². The van der Waals surface area contributed by atoms with E-state index in [1.807, 2.05) is 13.1 Å². The van der Waals surface area contributed by atoms with Gasteiger partial charge in [-0.3, -0.25) is 0 Å². The average molecular weight is 291 g/mol. The lowest BCUT2D eigenvalue weighted by Gasteiger charge is -1.95. The van der Waals surface area contributed by atoms with Crippen LogP contribution in [0.25, 0.3) is 0 Å². The minimum absolute atomic E-state index is 0.708. The summed E-state index contributed by atoms with van der Waals surface area (Å²) in [6.45, 7) is 2.75. The van der Waals surface area contributed by atoms with Gasteiger partial charge in [-0.2, -0.15) is 0 Å². The summed E-state index contributed by atoms with van der Waals surface area (Å²) in [5.41, 5.74) is 0. The highest BCUT2D eigenvalue weighted by molar-refractivity contribution is 9.11. The van der Waals surface area contributed by atoms with Crippen molar-refractivity contribution in [3.63, 3.8) is 0 Å². The quantitative estimate of drug-likeness (QED) is 0.944. The highest BCUT2D eigenvalue weighted by Crippen LogP contribution is 2.21. The molecule has 1 N–H and O–H groups in total. The Kier molecular flexibility index (Phi) is 3.09. The van der Waals surface area contributed by atoms with Crippen molar-refractivity contribution >= 4 is 43.7 Å². The Bertz CT molecular complexity index is 385. The van der Waals surface area contributed by atoms with Gasteiger partial charge >= 0.3 is 0 Å². The third-order valence-electron chi connectivity index (χ3n) is 1.46. The number of aromatic nitrogens is 3. The Morgan fingerprint density at radius 2 is 2.29 bits per heavy atom. The summed E-state index contributed by atoms with van der Waals surface area (Å²) < 4.78 is 0.787. The molecule has 14 heavy (non-hydrogen) atoms. The summed E-state index contributed by atoms with van der Waals surface area (Å²) in [4.78, 5) is 5.46. The lowest BCUT2D eigenvalue weighted by Crippen LogP contribution is -1.97. The number of anilines is 1. The number of nitrogens with one attached hydrogen (secondary N) is 1. The number of hydrogen-bond donors (Lipinski definition) is 1. The molecular formula is C7H7BrN4S2. The molecule has 2 heterocycles. The molecule has 0 atom stereocenters. The maximum atomic E-state index is 4.24. The lowest BCUT2D eigenvalue weighted by molar-refractivity contribution is 1.03. The molecule has 7 heteroatoms. The Hall–Kier alpha value is -0.530. The smallest absolute Gasteiger partial charge is 0.206 e. The summed E-state index contributed by atoms with van der Waals surface area (Å²) in [5, 5.41) is 12.8. The summed E-state index contributed by atoms with van der Waals surface area (Å²) in [7, 11) is 0. The molecule has 0 aromatic carbocycles. The van der Waals surface area contributed by atoms with Crippen molar-refractivity contribution in [3.8, 4) is 0 Å². The van der Waals surface area contributed by atoms with Crippen LogP contribution >= 0.6 is 38.6 Å². The number of thiazole rings is 1. The van der Waals surface area contributed by atoms with Crippen molar-refractivity contribution in [1.29, 1.82) is 0 Å². The maximum Gasteiger partial charge on any atom is 0.206 e. The summed E-state index contributed by atoms with van der Waals surface area (Å²) in [6, 6.07) is 0. The van der Waals surface area contributed by atoms with Gasteiger partial charge in [-0.1, -0.05) is 11.3 Å². The van der Waals surface area contributed by atoms with E-state index >= 15 is 0 Å². The maximum absolute atomic E-state index is 4.24. The summed E-state index contributed by atoms with van der Waals surface area (Å²) in [6.07, 6.45) is 1.87. The number of halogens is 1. The van der Waals surface area contributed by atoms with E-state index in [4.69, 9.17) is 0 Å². The number of aryl methyl sites for hydroxylation is 1. The highest BCUT2D eigenvalue weighted by Gasteiger charge is 2.02. The van der Waals surface area contributed by atoms with E-state index in [2.05, 4.69) is 36.4 Å². The molecule has 2 aromatic heterocycles. The Morgan fingerprint density at radius 3 is 2.86 bits per heavy atom.